The van der Waals surface area contributed by atoms with Gasteiger partial charge in [0.2, 0.25) is 12.7 Å². The minimum Gasteiger partial charge on any atom is -0.454 e. The number of nitrogens with one attached hydrogen (secondary N) is 3. The van der Waals surface area contributed by atoms with Crippen LogP contribution in [-0.2, 0) is 16.1 Å². The van der Waals surface area contributed by atoms with Crippen LogP contribution < -0.4 is 25.4 Å². The molecule has 3 atom stereocenters. The zero-order valence-corrected chi connectivity index (χ0v) is 18.2. The minimum atomic E-state index is -0.776. The van der Waals surface area contributed by atoms with Crippen molar-refractivity contribution in [3.05, 3.63) is 53.6 Å². The standard InChI is InChI=1S/C23H25F2N3O6/c24-14-2-4-16(25)18(8-14)28-23(31)27-17-5-3-15(34-21(17)11-29)9-22(30)26-10-13-1-6-19-20(7-13)33-12-32-19/h1-2,4,6-8,15,17,21,29H,3,5,9-12H2,(H,26,30)(H2,27,28,31)/t15-,17+,21-/m0/s1. The second kappa shape index (κ2) is 10.7. The van der Waals surface area contributed by atoms with E-state index in [1.54, 1.807) is 12.1 Å². The number of hydrogen-bond acceptors (Lipinski definition) is 6. The highest BCUT2D eigenvalue weighted by Gasteiger charge is 2.33. The first-order valence-electron chi connectivity index (χ1n) is 10.9. The van der Waals surface area contributed by atoms with Crippen LogP contribution >= 0.6 is 0 Å². The van der Waals surface area contributed by atoms with Crippen molar-refractivity contribution in [2.75, 3.05) is 18.7 Å². The molecule has 2 aliphatic rings. The molecule has 0 bridgehead atoms. The molecule has 4 rings (SSSR count). The Kier molecular flexibility index (Phi) is 7.43. The zero-order valence-electron chi connectivity index (χ0n) is 18.2. The molecule has 34 heavy (non-hydrogen) atoms. The van der Waals surface area contributed by atoms with Crippen molar-refractivity contribution in [3.8, 4) is 11.5 Å². The van der Waals surface area contributed by atoms with E-state index >= 15 is 0 Å². The molecule has 9 nitrogen and oxygen atoms in total. The third-order valence-corrected chi connectivity index (χ3v) is 5.63. The predicted octanol–water partition coefficient (Wildman–Crippen LogP) is 2.43. The van der Waals surface area contributed by atoms with Gasteiger partial charge in [0.15, 0.2) is 11.5 Å². The molecule has 2 aromatic rings. The molecule has 3 amide bonds. The van der Waals surface area contributed by atoms with Crippen LogP contribution in [0.25, 0.3) is 0 Å². The molecule has 0 radical (unpaired) electrons. The van der Waals surface area contributed by atoms with Crippen molar-refractivity contribution in [2.24, 2.45) is 0 Å². The average molecular weight is 477 g/mol. The van der Waals surface area contributed by atoms with Gasteiger partial charge in [0.25, 0.3) is 0 Å². The fourth-order valence-electron chi connectivity index (χ4n) is 3.90. The van der Waals surface area contributed by atoms with Gasteiger partial charge < -0.3 is 35.3 Å². The second-order valence-electron chi connectivity index (χ2n) is 8.05. The molecular formula is C23H25F2N3O6. The Hall–Kier alpha value is -3.44. The first-order chi connectivity index (χ1) is 16.4. The lowest BCUT2D eigenvalue weighted by molar-refractivity contribution is -0.130. The average Bonchev–Trinajstić information content (AvgIpc) is 3.29. The topological polar surface area (TPSA) is 118 Å². The highest BCUT2D eigenvalue weighted by Crippen LogP contribution is 2.32. The van der Waals surface area contributed by atoms with Crippen LogP contribution in [0.5, 0.6) is 11.5 Å². The maximum absolute atomic E-state index is 13.7. The molecule has 0 saturated carbocycles. The SMILES string of the molecule is O=C(C[C@@H]1CC[C@@H](NC(=O)Nc2cc(F)ccc2F)[C@H](CO)O1)NCc1ccc2c(c1)OCO2. The number of fused-ring (bicyclic) bond motifs is 1. The molecule has 0 unspecified atom stereocenters. The molecule has 11 heteroatoms. The summed E-state index contributed by atoms with van der Waals surface area (Å²) >= 11 is 0. The number of benzene rings is 2. The maximum atomic E-state index is 13.7. The van der Waals surface area contributed by atoms with E-state index < -0.39 is 35.9 Å². The first-order valence-corrected chi connectivity index (χ1v) is 10.9. The molecule has 182 valence electrons. The van der Waals surface area contributed by atoms with Crippen molar-refractivity contribution in [1.29, 1.82) is 0 Å². The number of amides is 3. The van der Waals surface area contributed by atoms with Gasteiger partial charge in [-0.1, -0.05) is 6.07 Å². The lowest BCUT2D eigenvalue weighted by Crippen LogP contribution is -2.52. The van der Waals surface area contributed by atoms with Gasteiger partial charge in [-0.25, -0.2) is 13.6 Å². The van der Waals surface area contributed by atoms with E-state index in [9.17, 15) is 23.5 Å². The largest absolute Gasteiger partial charge is 0.454 e. The van der Waals surface area contributed by atoms with Crippen molar-refractivity contribution in [2.45, 2.75) is 44.1 Å². The van der Waals surface area contributed by atoms with Crippen LogP contribution in [0.4, 0.5) is 19.3 Å². The Morgan fingerprint density at radius 2 is 1.88 bits per heavy atom. The van der Waals surface area contributed by atoms with Gasteiger partial charge in [0, 0.05) is 12.6 Å². The van der Waals surface area contributed by atoms with Crippen LogP contribution in [0.15, 0.2) is 36.4 Å². The molecule has 0 aliphatic carbocycles. The van der Waals surface area contributed by atoms with Crippen molar-refractivity contribution < 1.29 is 37.7 Å². The molecule has 1 saturated heterocycles. The molecule has 4 N–H and O–H groups in total. The number of ether oxygens (including phenoxy) is 3. The number of anilines is 1. The number of carbonyl (C=O) groups excluding carboxylic acids is 2. The van der Waals surface area contributed by atoms with Crippen molar-refractivity contribution in [1.82, 2.24) is 10.6 Å². The Labute approximate surface area is 194 Å². The van der Waals surface area contributed by atoms with E-state index in [1.807, 2.05) is 6.07 Å². The fraction of sp³-hybridized carbons (Fsp3) is 0.391. The highest BCUT2D eigenvalue weighted by atomic mass is 19.1. The maximum Gasteiger partial charge on any atom is 0.319 e. The summed E-state index contributed by atoms with van der Waals surface area (Å²) in [5.41, 5.74) is 0.562. The number of halogens is 2. The third kappa shape index (κ3) is 5.91. The summed E-state index contributed by atoms with van der Waals surface area (Å²) in [6, 6.07) is 6.84. The van der Waals surface area contributed by atoms with Crippen LogP contribution in [0, 0.1) is 11.6 Å². The molecule has 1 fully saturated rings. The summed E-state index contributed by atoms with van der Waals surface area (Å²) in [4.78, 5) is 24.6. The fourth-order valence-corrected chi connectivity index (χ4v) is 3.90. The van der Waals surface area contributed by atoms with Gasteiger partial charge in [-0.15, -0.1) is 0 Å². The summed E-state index contributed by atoms with van der Waals surface area (Å²) in [6.07, 6.45) is -0.189. The monoisotopic (exact) mass is 477 g/mol. The lowest BCUT2D eigenvalue weighted by Gasteiger charge is -2.35. The second-order valence-corrected chi connectivity index (χ2v) is 8.05. The smallest absolute Gasteiger partial charge is 0.319 e. The van der Waals surface area contributed by atoms with E-state index in [2.05, 4.69) is 16.0 Å². The number of hydrogen-bond donors (Lipinski definition) is 4. The third-order valence-electron chi connectivity index (χ3n) is 5.63. The molecule has 2 aliphatic heterocycles. The molecule has 2 aromatic carbocycles. The van der Waals surface area contributed by atoms with Gasteiger partial charge in [0.05, 0.1) is 30.9 Å². The lowest BCUT2D eigenvalue weighted by atomic mass is 9.97. The highest BCUT2D eigenvalue weighted by molar-refractivity contribution is 5.89. The zero-order chi connectivity index (χ0) is 24.1. The van der Waals surface area contributed by atoms with Gasteiger partial charge >= 0.3 is 6.03 Å². The summed E-state index contributed by atoms with van der Waals surface area (Å²) in [7, 11) is 0. The summed E-state index contributed by atoms with van der Waals surface area (Å²) < 4.78 is 43.4. The Morgan fingerprint density at radius 3 is 2.71 bits per heavy atom. The summed E-state index contributed by atoms with van der Waals surface area (Å²) in [6.45, 7) is 0.108. The van der Waals surface area contributed by atoms with Crippen LogP contribution in [-0.4, -0.2) is 48.7 Å². The van der Waals surface area contributed by atoms with Crippen LogP contribution in [0.1, 0.15) is 24.8 Å². The van der Waals surface area contributed by atoms with Crippen molar-refractivity contribution >= 4 is 17.6 Å². The Bertz CT molecular complexity index is 1050. The molecule has 0 aromatic heterocycles. The van der Waals surface area contributed by atoms with E-state index in [0.29, 0.717) is 30.9 Å². The summed E-state index contributed by atoms with van der Waals surface area (Å²) in [5.74, 6) is -0.382. The number of aliphatic hydroxyl groups excluding tert-OH is 1. The number of carbonyl (C=O) groups is 2. The molecular weight excluding hydrogens is 452 g/mol. The van der Waals surface area contributed by atoms with E-state index in [4.69, 9.17) is 14.2 Å². The molecule has 2 heterocycles. The van der Waals surface area contributed by atoms with E-state index in [1.165, 1.54) is 0 Å². The quantitative estimate of drug-likeness (QED) is 0.487. The number of urea groups is 1. The number of rotatable bonds is 7. The Morgan fingerprint density at radius 1 is 1.06 bits per heavy atom. The normalized spacial score (nSPS) is 21.1. The number of aliphatic hydroxyl groups is 1. The Balaban J connectivity index is 1.23. The van der Waals surface area contributed by atoms with Crippen molar-refractivity contribution in [3.63, 3.8) is 0 Å². The van der Waals surface area contributed by atoms with E-state index in [-0.39, 0.29) is 31.4 Å². The first kappa shape index (κ1) is 23.7. The van der Waals surface area contributed by atoms with Crippen LogP contribution in [0.3, 0.4) is 0 Å². The van der Waals surface area contributed by atoms with Crippen LogP contribution in [0.2, 0.25) is 0 Å². The van der Waals surface area contributed by atoms with Gasteiger partial charge in [-0.05, 0) is 42.7 Å². The van der Waals surface area contributed by atoms with E-state index in [0.717, 1.165) is 23.8 Å². The van der Waals surface area contributed by atoms with Gasteiger partial charge in [0.1, 0.15) is 17.7 Å². The molecule has 0 spiro atoms. The van der Waals surface area contributed by atoms with Gasteiger partial charge in [-0.3, -0.25) is 4.79 Å². The summed E-state index contributed by atoms with van der Waals surface area (Å²) in [5, 5.41) is 17.4. The van der Waals surface area contributed by atoms with Gasteiger partial charge in [-0.2, -0.15) is 0 Å². The minimum absolute atomic E-state index is 0.0917. The predicted molar refractivity (Wildman–Crippen MR) is 116 cm³/mol.